The minimum atomic E-state index is -0.533. The number of hydrogen-bond acceptors (Lipinski definition) is 5. The second-order valence-corrected chi connectivity index (χ2v) is 12.3. The fourth-order valence-corrected chi connectivity index (χ4v) is 6.23. The van der Waals surface area contributed by atoms with Gasteiger partial charge in [0.1, 0.15) is 0 Å². The highest BCUT2D eigenvalue weighted by atomic mass is 16.7. The fraction of sp³-hybridized carbons (Fsp3) is 0.275. The Kier molecular flexibility index (Phi) is 9.91. The van der Waals surface area contributed by atoms with Crippen molar-refractivity contribution in [3.05, 3.63) is 143 Å². The Bertz CT molecular complexity index is 1770. The molecule has 4 atom stereocenters. The minimum absolute atomic E-state index is 0.0118. The van der Waals surface area contributed by atoms with E-state index in [1.165, 1.54) is 23.3 Å². The van der Waals surface area contributed by atoms with Crippen molar-refractivity contribution in [2.75, 3.05) is 13.6 Å². The van der Waals surface area contributed by atoms with Gasteiger partial charge in [-0.2, -0.15) is 0 Å². The van der Waals surface area contributed by atoms with E-state index < -0.39 is 6.29 Å². The molecular weight excluding hydrogens is 572 g/mol. The van der Waals surface area contributed by atoms with Crippen LogP contribution in [-0.4, -0.2) is 35.6 Å². The van der Waals surface area contributed by atoms with Crippen LogP contribution < -0.4 is 5.32 Å². The number of rotatable bonds is 10. The molecule has 0 spiro atoms. The number of nitrogens with one attached hydrogen (secondary N) is 1. The van der Waals surface area contributed by atoms with Gasteiger partial charge in [0, 0.05) is 38.0 Å². The number of aliphatic hydroxyl groups is 1. The summed E-state index contributed by atoms with van der Waals surface area (Å²) in [7, 11) is 2.16. The first-order valence-electron chi connectivity index (χ1n) is 16.0. The molecule has 5 aromatic rings. The summed E-state index contributed by atoms with van der Waals surface area (Å²) < 4.78 is 13.3. The molecule has 236 valence electrons. The van der Waals surface area contributed by atoms with Crippen molar-refractivity contribution in [2.45, 2.75) is 58.0 Å². The molecule has 1 fully saturated rings. The first kappa shape index (κ1) is 31.6. The summed E-state index contributed by atoms with van der Waals surface area (Å²) in [5.41, 5.74) is 7.39. The van der Waals surface area contributed by atoms with Gasteiger partial charge in [-0.1, -0.05) is 109 Å². The third-order valence-electron chi connectivity index (χ3n) is 9.06. The molecule has 1 aliphatic heterocycles. The smallest absolute Gasteiger partial charge is 0.217 e. The van der Waals surface area contributed by atoms with E-state index in [0.29, 0.717) is 6.54 Å². The van der Waals surface area contributed by atoms with Crippen LogP contribution in [0.3, 0.4) is 0 Å². The quantitative estimate of drug-likeness (QED) is 0.168. The number of fused-ring (bicyclic) bond motifs is 1. The Balaban J connectivity index is 1.22. The van der Waals surface area contributed by atoms with Gasteiger partial charge in [-0.3, -0.25) is 9.69 Å². The third kappa shape index (κ3) is 7.38. The zero-order chi connectivity index (χ0) is 32.0. The Morgan fingerprint density at radius 2 is 1.57 bits per heavy atom. The molecule has 46 heavy (non-hydrogen) atoms. The lowest BCUT2D eigenvalue weighted by molar-refractivity contribution is -0.253. The number of carbonyl (C=O) groups excluding carboxylic acids is 1. The molecule has 6 rings (SSSR count). The highest BCUT2D eigenvalue weighted by molar-refractivity contribution is 5.83. The van der Waals surface area contributed by atoms with E-state index >= 15 is 0 Å². The van der Waals surface area contributed by atoms with E-state index in [1.54, 1.807) is 0 Å². The van der Waals surface area contributed by atoms with E-state index in [4.69, 9.17) is 9.47 Å². The van der Waals surface area contributed by atoms with Gasteiger partial charge in [-0.15, -0.1) is 0 Å². The van der Waals surface area contributed by atoms with E-state index in [-0.39, 0.29) is 30.8 Å². The van der Waals surface area contributed by atoms with Crippen LogP contribution in [0.25, 0.3) is 21.9 Å². The zero-order valence-corrected chi connectivity index (χ0v) is 26.7. The highest BCUT2D eigenvalue weighted by Gasteiger charge is 2.33. The number of amides is 1. The largest absolute Gasteiger partial charge is 0.392 e. The number of likely N-dealkylation sites (N-methyl/N-ethyl adjacent to an activating group) is 1. The van der Waals surface area contributed by atoms with Gasteiger partial charge < -0.3 is 19.9 Å². The number of carbonyl (C=O) groups is 1. The van der Waals surface area contributed by atoms with Crippen LogP contribution >= 0.6 is 0 Å². The van der Waals surface area contributed by atoms with Crippen molar-refractivity contribution in [3.63, 3.8) is 0 Å². The van der Waals surface area contributed by atoms with Crippen LogP contribution in [0.15, 0.2) is 115 Å². The molecule has 0 aliphatic carbocycles. The van der Waals surface area contributed by atoms with Crippen molar-refractivity contribution in [2.24, 2.45) is 0 Å². The molecule has 1 amide bonds. The van der Waals surface area contributed by atoms with Gasteiger partial charge in [0.2, 0.25) is 5.91 Å². The van der Waals surface area contributed by atoms with Crippen molar-refractivity contribution in [1.29, 1.82) is 0 Å². The maximum atomic E-state index is 11.5. The summed E-state index contributed by atoms with van der Waals surface area (Å²) in [6.07, 6.45) is -0.0290. The molecular formula is C40H42N2O4. The number of benzene rings is 5. The lowest BCUT2D eigenvalue weighted by Gasteiger charge is -2.39. The maximum absolute atomic E-state index is 11.5. The van der Waals surface area contributed by atoms with Crippen LogP contribution in [-0.2, 0) is 27.4 Å². The Morgan fingerprint density at radius 1 is 0.870 bits per heavy atom. The van der Waals surface area contributed by atoms with E-state index in [9.17, 15) is 9.90 Å². The van der Waals surface area contributed by atoms with Crippen LogP contribution in [0.4, 0.5) is 0 Å². The summed E-state index contributed by atoms with van der Waals surface area (Å²) in [6.45, 7) is 5.01. The summed E-state index contributed by atoms with van der Waals surface area (Å²) in [4.78, 5) is 13.9. The molecule has 1 heterocycles. The molecule has 1 aliphatic rings. The lowest BCUT2D eigenvalue weighted by atomic mass is 9.97. The Morgan fingerprint density at radius 3 is 2.30 bits per heavy atom. The topological polar surface area (TPSA) is 71.0 Å². The number of ether oxygens (including phenoxy) is 2. The van der Waals surface area contributed by atoms with Gasteiger partial charge >= 0.3 is 0 Å². The van der Waals surface area contributed by atoms with Gasteiger partial charge in [-0.25, -0.2) is 0 Å². The maximum Gasteiger partial charge on any atom is 0.217 e. The van der Waals surface area contributed by atoms with Crippen LogP contribution in [0.2, 0.25) is 0 Å². The molecule has 0 bridgehead atoms. The summed E-state index contributed by atoms with van der Waals surface area (Å²) in [5, 5.41) is 15.0. The van der Waals surface area contributed by atoms with Crippen LogP contribution in [0, 0.1) is 0 Å². The van der Waals surface area contributed by atoms with Crippen molar-refractivity contribution in [3.8, 4) is 11.1 Å². The lowest BCUT2D eigenvalue weighted by Crippen LogP contribution is -2.38. The molecule has 0 aromatic heterocycles. The van der Waals surface area contributed by atoms with E-state index in [2.05, 4.69) is 97.0 Å². The van der Waals surface area contributed by atoms with Crippen LogP contribution in [0.1, 0.15) is 66.5 Å². The molecule has 4 unspecified atom stereocenters. The SMILES string of the molecule is CC(=O)NCc1ccccc1-c1ccc(C2OC(CN(C)C(C)c3ccc4ccccc4c3)CC(c3ccc(CO)cc3)O2)cc1. The molecule has 0 saturated carbocycles. The Labute approximate surface area is 271 Å². The number of hydrogen-bond donors (Lipinski definition) is 2. The zero-order valence-electron chi connectivity index (χ0n) is 26.7. The van der Waals surface area contributed by atoms with Gasteiger partial charge in [0.15, 0.2) is 6.29 Å². The van der Waals surface area contributed by atoms with Gasteiger partial charge in [-0.05, 0) is 64.2 Å². The predicted octanol–water partition coefficient (Wildman–Crippen LogP) is 7.87. The Hall–Kier alpha value is -4.33. The normalized spacial score (nSPS) is 18.8. The van der Waals surface area contributed by atoms with Gasteiger partial charge in [0.05, 0.1) is 18.8 Å². The van der Waals surface area contributed by atoms with Gasteiger partial charge in [0.25, 0.3) is 0 Å². The summed E-state index contributed by atoms with van der Waals surface area (Å²) >= 11 is 0. The summed E-state index contributed by atoms with van der Waals surface area (Å²) in [5.74, 6) is -0.0517. The number of nitrogens with zero attached hydrogens (tertiary/aromatic N) is 1. The van der Waals surface area contributed by atoms with E-state index in [0.717, 1.165) is 46.3 Å². The second kappa shape index (κ2) is 14.4. The number of aliphatic hydroxyl groups excluding tert-OH is 1. The average molecular weight is 615 g/mol. The van der Waals surface area contributed by atoms with Crippen molar-refractivity contribution in [1.82, 2.24) is 10.2 Å². The fourth-order valence-electron chi connectivity index (χ4n) is 6.23. The van der Waals surface area contributed by atoms with Crippen molar-refractivity contribution >= 4 is 16.7 Å². The molecule has 1 saturated heterocycles. The average Bonchev–Trinajstić information content (AvgIpc) is 3.10. The highest BCUT2D eigenvalue weighted by Crippen LogP contribution is 2.39. The molecule has 6 nitrogen and oxygen atoms in total. The molecule has 2 N–H and O–H groups in total. The second-order valence-electron chi connectivity index (χ2n) is 12.3. The van der Waals surface area contributed by atoms with E-state index in [1.807, 2.05) is 42.5 Å². The van der Waals surface area contributed by atoms with Crippen molar-refractivity contribution < 1.29 is 19.4 Å². The first-order valence-corrected chi connectivity index (χ1v) is 16.0. The summed E-state index contributed by atoms with van der Waals surface area (Å²) in [6, 6.07) is 39.8. The molecule has 6 heteroatoms. The first-order chi connectivity index (χ1) is 22.4. The molecule has 5 aromatic carbocycles. The third-order valence-corrected chi connectivity index (χ3v) is 9.06. The van der Waals surface area contributed by atoms with Crippen LogP contribution in [0.5, 0.6) is 0 Å². The minimum Gasteiger partial charge on any atom is -0.392 e. The monoisotopic (exact) mass is 614 g/mol. The predicted molar refractivity (Wildman–Crippen MR) is 183 cm³/mol. The molecule has 0 radical (unpaired) electrons. The standard InChI is InChI=1S/C40H42N2O4/c1-27(34-21-16-30-8-4-5-9-35(30)22-34)42(3)25-37-23-39(32-14-12-29(26-43)13-15-32)46-40(45-37)33-19-17-31(18-20-33)38-11-7-6-10-36(38)24-41-28(2)44/h4-22,27,37,39-40,43H,23-26H2,1-3H3,(H,41,44).